The van der Waals surface area contributed by atoms with E-state index in [4.69, 9.17) is 5.84 Å². The Bertz CT molecular complexity index is 940. The van der Waals surface area contributed by atoms with Crippen molar-refractivity contribution in [2.75, 3.05) is 5.43 Å². The molecule has 0 aliphatic heterocycles. The highest BCUT2D eigenvalue weighted by Crippen LogP contribution is 2.31. The molecule has 3 N–H and O–H groups in total. The normalized spacial score (nSPS) is 11.1. The molecule has 2 aromatic carbocycles. The van der Waals surface area contributed by atoms with E-state index in [1.54, 1.807) is 11.3 Å². The van der Waals surface area contributed by atoms with Crippen molar-refractivity contribution in [3.05, 3.63) is 53.9 Å². The second-order valence-corrected chi connectivity index (χ2v) is 5.60. The Kier molecular flexibility index (Phi) is 2.80. The highest BCUT2D eigenvalue weighted by atomic mass is 32.1. The molecule has 2 heterocycles. The molecule has 21 heavy (non-hydrogen) atoms. The van der Waals surface area contributed by atoms with Crippen LogP contribution < -0.4 is 11.3 Å². The van der Waals surface area contributed by atoms with Crippen LogP contribution in [0, 0.1) is 0 Å². The Morgan fingerprint density at radius 2 is 1.76 bits per heavy atom. The van der Waals surface area contributed by atoms with E-state index in [1.165, 1.54) is 5.39 Å². The molecule has 0 atom stereocenters. The molecule has 0 aliphatic carbocycles. The van der Waals surface area contributed by atoms with E-state index < -0.39 is 0 Å². The molecular weight excluding hydrogens is 280 g/mol. The van der Waals surface area contributed by atoms with Gasteiger partial charge in [-0.2, -0.15) is 0 Å². The van der Waals surface area contributed by atoms with E-state index in [0.29, 0.717) is 11.6 Å². The van der Waals surface area contributed by atoms with Crippen LogP contribution in [-0.2, 0) is 0 Å². The van der Waals surface area contributed by atoms with Crippen molar-refractivity contribution in [1.29, 1.82) is 0 Å². The van der Waals surface area contributed by atoms with Gasteiger partial charge in [-0.15, -0.1) is 11.3 Å². The third-order valence-corrected chi connectivity index (χ3v) is 4.30. The maximum atomic E-state index is 5.60. The number of nitrogens with zero attached hydrogens (tertiary/aromatic N) is 2. The lowest BCUT2D eigenvalue weighted by Crippen LogP contribution is -2.09. The van der Waals surface area contributed by atoms with Gasteiger partial charge in [0, 0.05) is 5.56 Å². The van der Waals surface area contributed by atoms with Crippen molar-refractivity contribution < 1.29 is 0 Å². The first-order valence-electron chi connectivity index (χ1n) is 6.57. The van der Waals surface area contributed by atoms with Gasteiger partial charge in [0.1, 0.15) is 4.83 Å². The molecule has 0 radical (unpaired) electrons. The first-order chi connectivity index (χ1) is 10.4. The first-order valence-corrected chi connectivity index (χ1v) is 7.45. The van der Waals surface area contributed by atoms with E-state index in [-0.39, 0.29) is 0 Å². The second-order valence-electron chi connectivity index (χ2n) is 4.71. The number of aromatic nitrogens is 2. The Balaban J connectivity index is 2.04. The van der Waals surface area contributed by atoms with Gasteiger partial charge in [0.2, 0.25) is 0 Å². The van der Waals surface area contributed by atoms with Crippen LogP contribution in [0.4, 0.5) is 5.82 Å². The van der Waals surface area contributed by atoms with Gasteiger partial charge < -0.3 is 5.43 Å². The van der Waals surface area contributed by atoms with Crippen LogP contribution in [0.3, 0.4) is 0 Å². The summed E-state index contributed by atoms with van der Waals surface area (Å²) in [6.45, 7) is 0. The van der Waals surface area contributed by atoms with E-state index in [2.05, 4.69) is 33.6 Å². The fraction of sp³-hybridized carbons (Fsp3) is 0. The quantitative estimate of drug-likeness (QED) is 0.436. The third-order valence-electron chi connectivity index (χ3n) is 3.49. The number of hydrogen-bond acceptors (Lipinski definition) is 5. The molecular formula is C16H12N4S. The molecule has 0 spiro atoms. The lowest BCUT2D eigenvalue weighted by molar-refractivity contribution is 1.20. The van der Waals surface area contributed by atoms with Crippen molar-refractivity contribution in [2.45, 2.75) is 0 Å². The van der Waals surface area contributed by atoms with Crippen LogP contribution >= 0.6 is 11.3 Å². The van der Waals surface area contributed by atoms with Crippen molar-refractivity contribution in [3.8, 4) is 11.4 Å². The van der Waals surface area contributed by atoms with Gasteiger partial charge >= 0.3 is 0 Å². The topological polar surface area (TPSA) is 63.8 Å². The number of nitrogens with one attached hydrogen (secondary N) is 1. The first kappa shape index (κ1) is 12.3. The van der Waals surface area contributed by atoms with Crippen LogP contribution in [0.5, 0.6) is 0 Å². The monoisotopic (exact) mass is 292 g/mol. The molecule has 0 fully saturated rings. The SMILES string of the molecule is NNc1nc(-c2cccc3ccccc23)nc2sccc12. The fourth-order valence-electron chi connectivity index (χ4n) is 2.51. The number of benzene rings is 2. The third kappa shape index (κ3) is 1.94. The zero-order chi connectivity index (χ0) is 14.2. The maximum Gasteiger partial charge on any atom is 0.163 e. The highest BCUT2D eigenvalue weighted by Gasteiger charge is 2.11. The molecule has 0 bridgehead atoms. The molecule has 2 aromatic heterocycles. The molecule has 0 saturated heterocycles. The number of nitrogens with two attached hydrogens (primary N) is 1. The molecule has 0 unspecified atom stereocenters. The van der Waals surface area contributed by atoms with E-state index >= 15 is 0 Å². The molecule has 0 amide bonds. The Hall–Kier alpha value is -2.50. The van der Waals surface area contributed by atoms with Crippen molar-refractivity contribution in [3.63, 3.8) is 0 Å². The minimum atomic E-state index is 0.657. The smallest absolute Gasteiger partial charge is 0.163 e. The maximum absolute atomic E-state index is 5.60. The number of fused-ring (bicyclic) bond motifs is 2. The number of rotatable bonds is 2. The lowest BCUT2D eigenvalue weighted by Gasteiger charge is -2.08. The van der Waals surface area contributed by atoms with Crippen LogP contribution in [0.15, 0.2) is 53.9 Å². The van der Waals surface area contributed by atoms with Gasteiger partial charge in [-0.1, -0.05) is 42.5 Å². The summed E-state index contributed by atoms with van der Waals surface area (Å²) in [4.78, 5) is 10.2. The minimum absolute atomic E-state index is 0.657. The van der Waals surface area contributed by atoms with Crippen molar-refractivity contribution >= 4 is 38.1 Å². The zero-order valence-corrected chi connectivity index (χ0v) is 11.9. The van der Waals surface area contributed by atoms with Gasteiger partial charge in [-0.3, -0.25) is 0 Å². The van der Waals surface area contributed by atoms with Gasteiger partial charge in [-0.05, 0) is 22.2 Å². The van der Waals surface area contributed by atoms with Gasteiger partial charge in [0.15, 0.2) is 11.6 Å². The number of thiophene rings is 1. The number of anilines is 1. The highest BCUT2D eigenvalue weighted by molar-refractivity contribution is 7.16. The lowest BCUT2D eigenvalue weighted by atomic mass is 10.0. The standard InChI is InChI=1S/C16H12N4S/c17-20-15-13-8-9-21-16(13)19-14(18-15)12-7-3-5-10-4-1-2-6-11(10)12/h1-9H,17H2,(H,18,19,20). The average molecular weight is 292 g/mol. The predicted octanol–water partition coefficient (Wildman–Crippen LogP) is 3.80. The second kappa shape index (κ2) is 4.80. The zero-order valence-electron chi connectivity index (χ0n) is 11.1. The molecule has 4 aromatic rings. The number of nitrogen functional groups attached to an aromatic ring is 1. The average Bonchev–Trinajstić information content (AvgIpc) is 3.02. The summed E-state index contributed by atoms with van der Waals surface area (Å²) in [7, 11) is 0. The van der Waals surface area contributed by atoms with Gasteiger partial charge in [0.25, 0.3) is 0 Å². The van der Waals surface area contributed by atoms with Crippen LogP contribution in [0.2, 0.25) is 0 Å². The Morgan fingerprint density at radius 3 is 2.67 bits per heavy atom. The summed E-state index contributed by atoms with van der Waals surface area (Å²) in [5, 5.41) is 5.25. The Labute approximate surface area is 125 Å². The summed E-state index contributed by atoms with van der Waals surface area (Å²) < 4.78 is 0. The van der Waals surface area contributed by atoms with E-state index in [0.717, 1.165) is 21.2 Å². The number of hydrazine groups is 1. The molecule has 0 aliphatic rings. The summed E-state index contributed by atoms with van der Waals surface area (Å²) in [6.07, 6.45) is 0. The summed E-state index contributed by atoms with van der Waals surface area (Å²) in [5.41, 5.74) is 3.68. The van der Waals surface area contributed by atoms with Crippen LogP contribution in [0.1, 0.15) is 0 Å². The predicted molar refractivity (Wildman–Crippen MR) is 88.2 cm³/mol. The molecule has 4 nitrogen and oxygen atoms in total. The van der Waals surface area contributed by atoms with E-state index in [9.17, 15) is 0 Å². The van der Waals surface area contributed by atoms with Gasteiger partial charge in [-0.25, -0.2) is 15.8 Å². The van der Waals surface area contributed by atoms with Crippen LogP contribution in [0.25, 0.3) is 32.4 Å². The summed E-state index contributed by atoms with van der Waals surface area (Å²) >= 11 is 1.58. The van der Waals surface area contributed by atoms with Crippen molar-refractivity contribution in [1.82, 2.24) is 9.97 Å². The van der Waals surface area contributed by atoms with Gasteiger partial charge in [0.05, 0.1) is 5.39 Å². The van der Waals surface area contributed by atoms with Crippen LogP contribution in [-0.4, -0.2) is 9.97 Å². The fourth-order valence-corrected chi connectivity index (χ4v) is 3.27. The minimum Gasteiger partial charge on any atom is -0.308 e. The summed E-state index contributed by atoms with van der Waals surface area (Å²) in [5.74, 6) is 6.95. The largest absolute Gasteiger partial charge is 0.308 e. The number of hydrogen-bond donors (Lipinski definition) is 2. The Morgan fingerprint density at radius 1 is 0.905 bits per heavy atom. The summed E-state index contributed by atoms with van der Waals surface area (Å²) in [6, 6.07) is 16.4. The van der Waals surface area contributed by atoms with E-state index in [1.807, 2.05) is 35.7 Å². The van der Waals surface area contributed by atoms with Crippen molar-refractivity contribution in [2.24, 2.45) is 5.84 Å². The molecule has 0 saturated carbocycles. The molecule has 102 valence electrons. The molecule has 5 heteroatoms. The molecule has 4 rings (SSSR count).